The van der Waals surface area contributed by atoms with E-state index in [4.69, 9.17) is 5.73 Å². The van der Waals surface area contributed by atoms with Crippen LogP contribution in [0.25, 0.3) is 0 Å². The predicted molar refractivity (Wildman–Crippen MR) is 56.5 cm³/mol. The fourth-order valence-corrected chi connectivity index (χ4v) is 1.24. The van der Waals surface area contributed by atoms with Crippen LogP contribution in [-0.2, 0) is 6.42 Å². The molecule has 0 atom stereocenters. The fourth-order valence-electron chi connectivity index (χ4n) is 1.24. The Labute approximate surface area is 79.1 Å². The van der Waals surface area contributed by atoms with Crippen molar-refractivity contribution in [2.24, 2.45) is 5.73 Å². The van der Waals surface area contributed by atoms with Crippen LogP contribution in [0.2, 0.25) is 0 Å². The zero-order valence-corrected chi connectivity index (χ0v) is 7.59. The van der Waals surface area contributed by atoms with Crippen LogP contribution >= 0.6 is 0 Å². The van der Waals surface area contributed by atoms with Gasteiger partial charge in [0.15, 0.2) is 0 Å². The van der Waals surface area contributed by atoms with Gasteiger partial charge in [0.2, 0.25) is 0 Å². The van der Waals surface area contributed by atoms with E-state index in [1.807, 2.05) is 0 Å². The lowest BCUT2D eigenvalue weighted by Crippen LogP contribution is -1.91. The summed E-state index contributed by atoms with van der Waals surface area (Å²) < 4.78 is 0. The van der Waals surface area contributed by atoms with Crippen molar-refractivity contribution in [3.05, 3.63) is 29.8 Å². The Kier molecular flexibility index (Phi) is 3.87. The topological polar surface area (TPSA) is 38.0 Å². The molecular weight excluding hydrogens is 160 g/mol. The van der Waals surface area contributed by atoms with Crippen LogP contribution in [0.3, 0.4) is 0 Å². The minimum Gasteiger partial charge on any atom is -0.384 e. The van der Waals surface area contributed by atoms with Crippen molar-refractivity contribution in [1.29, 1.82) is 0 Å². The van der Waals surface area contributed by atoms with Gasteiger partial charge in [-0.3, -0.25) is 0 Å². The number of rotatable bonds is 0. The lowest BCUT2D eigenvalue weighted by Gasteiger charge is -1.94. The van der Waals surface area contributed by atoms with E-state index in [1.165, 1.54) is 17.7 Å². The minimum atomic E-state index is 0.347. The van der Waals surface area contributed by atoms with Gasteiger partial charge in [-0.05, 0) is 18.1 Å². The number of nitrogens with one attached hydrogen (secondary N) is 1. The molecule has 0 spiro atoms. The number of nitrogens with two attached hydrogens (primary N) is 1. The summed E-state index contributed by atoms with van der Waals surface area (Å²) in [7, 11) is 0. The monoisotopic (exact) mass is 174 g/mol. The second-order valence-electron chi connectivity index (χ2n) is 2.74. The summed E-state index contributed by atoms with van der Waals surface area (Å²) in [5.74, 6) is 2.21. The molecule has 1 aromatic carbocycles. The molecule has 0 saturated carbocycles. The first-order valence-corrected chi connectivity index (χ1v) is 4.33. The molecule has 2 nitrogen and oxygen atoms in total. The highest BCUT2D eigenvalue weighted by molar-refractivity contribution is 5.54. The summed E-state index contributed by atoms with van der Waals surface area (Å²) in [6.07, 6.45) is 5.84. The third-order valence-electron chi connectivity index (χ3n) is 1.85. The number of fused-ring (bicyclic) bond motifs is 1. The molecule has 1 heterocycles. The summed E-state index contributed by atoms with van der Waals surface area (Å²) >= 11 is 0. The van der Waals surface area contributed by atoms with Gasteiger partial charge < -0.3 is 11.1 Å². The molecule has 0 aliphatic carbocycles. The van der Waals surface area contributed by atoms with Gasteiger partial charge in [0.25, 0.3) is 0 Å². The molecule has 0 unspecified atom stereocenters. The summed E-state index contributed by atoms with van der Waals surface area (Å²) in [5.41, 5.74) is 7.56. The maximum absolute atomic E-state index is 4.79. The summed E-state index contributed by atoms with van der Waals surface area (Å²) in [5, 5.41) is 3.30. The van der Waals surface area contributed by atoms with Gasteiger partial charge in [-0.1, -0.05) is 24.1 Å². The van der Waals surface area contributed by atoms with E-state index in [2.05, 4.69) is 41.9 Å². The van der Waals surface area contributed by atoms with Crippen LogP contribution in [-0.4, -0.2) is 13.1 Å². The first-order chi connectivity index (χ1) is 6.38. The van der Waals surface area contributed by atoms with Gasteiger partial charge in [0.05, 0.1) is 6.54 Å². The molecule has 1 aliphatic heterocycles. The molecule has 2 heteroatoms. The van der Waals surface area contributed by atoms with Crippen LogP contribution in [0.15, 0.2) is 24.3 Å². The van der Waals surface area contributed by atoms with E-state index >= 15 is 0 Å². The third kappa shape index (κ3) is 2.81. The van der Waals surface area contributed by atoms with E-state index < -0.39 is 0 Å². The molecule has 0 radical (unpaired) electrons. The number of para-hydroxylation sites is 1. The first kappa shape index (κ1) is 9.63. The number of hydrogen-bond donors (Lipinski definition) is 2. The lowest BCUT2D eigenvalue weighted by atomic mass is 10.2. The van der Waals surface area contributed by atoms with E-state index in [1.54, 1.807) is 0 Å². The number of terminal acetylenes is 1. The molecule has 13 heavy (non-hydrogen) atoms. The Morgan fingerprint density at radius 2 is 2.15 bits per heavy atom. The molecule has 68 valence electrons. The van der Waals surface area contributed by atoms with E-state index in [0.717, 1.165) is 6.54 Å². The van der Waals surface area contributed by atoms with E-state index in [0.29, 0.717) is 6.54 Å². The number of benzene rings is 1. The molecule has 0 saturated heterocycles. The van der Waals surface area contributed by atoms with Gasteiger partial charge in [0.1, 0.15) is 0 Å². The minimum absolute atomic E-state index is 0.347. The van der Waals surface area contributed by atoms with Crippen molar-refractivity contribution in [3.8, 4) is 12.3 Å². The first-order valence-electron chi connectivity index (χ1n) is 4.33. The van der Waals surface area contributed by atoms with Gasteiger partial charge in [0, 0.05) is 12.2 Å². The Morgan fingerprint density at radius 1 is 1.46 bits per heavy atom. The summed E-state index contributed by atoms with van der Waals surface area (Å²) in [6, 6.07) is 8.46. The maximum Gasteiger partial charge on any atom is 0.0548 e. The second kappa shape index (κ2) is 5.23. The molecular formula is C11H14N2. The molecule has 0 fully saturated rings. The highest BCUT2D eigenvalue weighted by Gasteiger charge is 2.05. The standard InChI is InChI=1S/C8H9N.C3H5N/c1-2-4-8-7(3-1)5-6-9-8;1-2-3-4/h1-4,9H,5-6H2;1H,3-4H2. The highest BCUT2D eigenvalue weighted by Crippen LogP contribution is 2.19. The lowest BCUT2D eigenvalue weighted by molar-refractivity contribution is 1.11. The molecule has 3 N–H and O–H groups in total. The molecule has 0 aromatic heterocycles. The van der Waals surface area contributed by atoms with Crippen LogP contribution < -0.4 is 11.1 Å². The van der Waals surface area contributed by atoms with Gasteiger partial charge >= 0.3 is 0 Å². The van der Waals surface area contributed by atoms with Crippen molar-refractivity contribution in [2.45, 2.75) is 6.42 Å². The quantitative estimate of drug-likeness (QED) is 0.581. The third-order valence-corrected chi connectivity index (χ3v) is 1.85. The zero-order valence-electron chi connectivity index (χ0n) is 7.59. The summed E-state index contributed by atoms with van der Waals surface area (Å²) in [6.45, 7) is 1.46. The van der Waals surface area contributed by atoms with Crippen LogP contribution in [0.4, 0.5) is 5.69 Å². The predicted octanol–water partition coefficient (Wildman–Crippen LogP) is 1.23. The largest absolute Gasteiger partial charge is 0.384 e. The van der Waals surface area contributed by atoms with Crippen molar-refractivity contribution in [2.75, 3.05) is 18.4 Å². The smallest absolute Gasteiger partial charge is 0.0548 e. The molecule has 1 aliphatic rings. The molecule has 0 amide bonds. The fraction of sp³-hybridized carbons (Fsp3) is 0.273. The van der Waals surface area contributed by atoms with Crippen molar-refractivity contribution >= 4 is 5.69 Å². The van der Waals surface area contributed by atoms with Gasteiger partial charge in [-0.25, -0.2) is 0 Å². The van der Waals surface area contributed by atoms with E-state index in [9.17, 15) is 0 Å². The van der Waals surface area contributed by atoms with Crippen LogP contribution in [0.1, 0.15) is 5.56 Å². The van der Waals surface area contributed by atoms with Gasteiger partial charge in [-0.2, -0.15) is 0 Å². The van der Waals surface area contributed by atoms with Crippen molar-refractivity contribution in [3.63, 3.8) is 0 Å². The Hall–Kier alpha value is -1.46. The average molecular weight is 174 g/mol. The molecule has 1 aromatic rings. The average Bonchev–Trinajstić information content (AvgIpc) is 2.66. The van der Waals surface area contributed by atoms with Gasteiger partial charge in [-0.15, -0.1) is 6.42 Å². The zero-order chi connectivity index (χ0) is 9.52. The normalized spacial score (nSPS) is 11.7. The molecule has 0 bridgehead atoms. The number of hydrogen-bond acceptors (Lipinski definition) is 2. The summed E-state index contributed by atoms with van der Waals surface area (Å²) in [4.78, 5) is 0. The highest BCUT2D eigenvalue weighted by atomic mass is 14.9. The second-order valence-corrected chi connectivity index (χ2v) is 2.74. The van der Waals surface area contributed by atoms with Crippen molar-refractivity contribution in [1.82, 2.24) is 0 Å². The van der Waals surface area contributed by atoms with Crippen LogP contribution in [0.5, 0.6) is 0 Å². The Morgan fingerprint density at radius 3 is 2.77 bits per heavy atom. The Balaban J connectivity index is 0.000000184. The SMILES string of the molecule is C#CCN.c1ccc2c(c1)CCN2. The van der Waals surface area contributed by atoms with E-state index in [-0.39, 0.29) is 0 Å². The molecule has 2 rings (SSSR count). The van der Waals surface area contributed by atoms with Crippen molar-refractivity contribution < 1.29 is 0 Å². The maximum atomic E-state index is 4.79. The van der Waals surface area contributed by atoms with Crippen LogP contribution in [0, 0.1) is 12.3 Å². The Bertz CT molecular complexity index is 276. The number of anilines is 1.